The Bertz CT molecular complexity index is 261. The highest BCUT2D eigenvalue weighted by molar-refractivity contribution is 6.74. The first-order chi connectivity index (χ1) is 11.8. The Morgan fingerprint density at radius 3 is 1.42 bits per heavy atom. The van der Waals surface area contributed by atoms with Gasteiger partial charge in [0.1, 0.15) is 0 Å². The number of unbranched alkanes of at least 4 members (excludes halogenated alkanes) is 13. The average molecular weight is 355 g/mol. The summed E-state index contributed by atoms with van der Waals surface area (Å²) in [4.78, 5) is 0. The van der Waals surface area contributed by atoms with Crippen molar-refractivity contribution in [3.05, 3.63) is 0 Å². The van der Waals surface area contributed by atoms with Crippen LogP contribution in [0.3, 0.4) is 0 Å². The maximum atomic E-state index is 6.39. The Balaban J connectivity index is 1.75. The number of rotatable bonds is 17. The van der Waals surface area contributed by atoms with Crippen LogP contribution >= 0.6 is 0 Å². The third-order valence-electron chi connectivity index (χ3n) is 6.07. The van der Waals surface area contributed by atoms with Gasteiger partial charge >= 0.3 is 0 Å². The zero-order valence-electron chi connectivity index (χ0n) is 17.1. The lowest BCUT2D eigenvalue weighted by Gasteiger charge is -2.25. The molecule has 0 N–H and O–H groups in total. The van der Waals surface area contributed by atoms with Crippen LogP contribution in [0.2, 0.25) is 18.1 Å². The van der Waals surface area contributed by atoms with Crippen molar-refractivity contribution in [1.82, 2.24) is 0 Å². The molecule has 0 atom stereocenters. The van der Waals surface area contributed by atoms with Gasteiger partial charge in [-0.25, -0.2) is 0 Å². The second-order valence-corrected chi connectivity index (χ2v) is 12.6. The van der Waals surface area contributed by atoms with Gasteiger partial charge in [0.05, 0.1) is 0 Å². The van der Waals surface area contributed by atoms with Gasteiger partial charge < -0.3 is 4.43 Å². The van der Waals surface area contributed by atoms with E-state index >= 15 is 0 Å². The monoisotopic (exact) mass is 354 g/mol. The van der Waals surface area contributed by atoms with Crippen molar-refractivity contribution in [2.75, 3.05) is 6.61 Å². The van der Waals surface area contributed by atoms with Crippen LogP contribution in [0.5, 0.6) is 0 Å². The van der Waals surface area contributed by atoms with Crippen LogP contribution in [0.4, 0.5) is 0 Å². The van der Waals surface area contributed by atoms with Gasteiger partial charge in [-0.1, -0.05) is 110 Å². The first-order valence-corrected chi connectivity index (χ1v) is 14.0. The molecule has 0 aromatic carbocycles. The van der Waals surface area contributed by atoms with Crippen LogP contribution in [0.15, 0.2) is 0 Å². The third kappa shape index (κ3) is 10.9. The lowest BCUT2D eigenvalue weighted by molar-refractivity contribution is 0.290. The zero-order chi connectivity index (χ0) is 17.3. The van der Waals surface area contributed by atoms with E-state index < -0.39 is 8.32 Å². The molecule has 2 heteroatoms. The van der Waals surface area contributed by atoms with Crippen molar-refractivity contribution < 1.29 is 4.43 Å². The summed E-state index contributed by atoms with van der Waals surface area (Å²) in [5, 5.41) is 0. The molecule has 1 aliphatic heterocycles. The molecule has 0 saturated carbocycles. The molecule has 1 nitrogen and oxygen atoms in total. The summed E-state index contributed by atoms with van der Waals surface area (Å²) in [5.41, 5.74) is 0. The summed E-state index contributed by atoms with van der Waals surface area (Å²) in [6.07, 6.45) is 23.0. The molecule has 0 bridgehead atoms. The van der Waals surface area contributed by atoms with E-state index in [1.807, 2.05) is 0 Å². The van der Waals surface area contributed by atoms with Gasteiger partial charge in [-0.15, -0.1) is 0 Å². The van der Waals surface area contributed by atoms with Crippen molar-refractivity contribution in [2.24, 2.45) is 0 Å². The van der Waals surface area contributed by atoms with Gasteiger partial charge in [-0.3, -0.25) is 0 Å². The number of hydrogen-bond donors (Lipinski definition) is 0. The molecule has 24 heavy (non-hydrogen) atoms. The minimum Gasteiger partial charge on any atom is -0.417 e. The average Bonchev–Trinajstić information content (AvgIpc) is 3.08. The minimum atomic E-state index is -1.21. The SMILES string of the molecule is CCCCCCCCCCCCCCCCO[Si]1(CC)CCCC1. The molecule has 0 aromatic heterocycles. The number of hydrogen-bond acceptors (Lipinski definition) is 1. The summed E-state index contributed by atoms with van der Waals surface area (Å²) < 4.78 is 6.39. The summed E-state index contributed by atoms with van der Waals surface area (Å²) in [6, 6.07) is 4.25. The van der Waals surface area contributed by atoms with Crippen molar-refractivity contribution in [3.8, 4) is 0 Å². The van der Waals surface area contributed by atoms with E-state index in [1.165, 1.54) is 121 Å². The van der Waals surface area contributed by atoms with Crippen molar-refractivity contribution in [1.29, 1.82) is 0 Å². The molecule has 0 spiro atoms. The van der Waals surface area contributed by atoms with Crippen LogP contribution < -0.4 is 0 Å². The molecule has 0 aromatic rings. The van der Waals surface area contributed by atoms with Crippen molar-refractivity contribution >= 4 is 8.32 Å². The van der Waals surface area contributed by atoms with Crippen LogP contribution in [-0.2, 0) is 4.43 Å². The molecular formula is C22H46OSi. The molecule has 1 aliphatic rings. The van der Waals surface area contributed by atoms with E-state index in [9.17, 15) is 0 Å². The smallest absolute Gasteiger partial charge is 0.192 e. The molecule has 144 valence electrons. The van der Waals surface area contributed by atoms with Crippen LogP contribution in [0.25, 0.3) is 0 Å². The van der Waals surface area contributed by atoms with E-state index in [1.54, 1.807) is 0 Å². The van der Waals surface area contributed by atoms with E-state index in [4.69, 9.17) is 4.43 Å². The van der Waals surface area contributed by atoms with E-state index in [0.29, 0.717) is 0 Å². The quantitative estimate of drug-likeness (QED) is 0.189. The Labute approximate surface area is 154 Å². The first kappa shape index (κ1) is 22.2. The maximum absolute atomic E-state index is 6.39. The highest BCUT2D eigenvalue weighted by Crippen LogP contribution is 2.34. The molecular weight excluding hydrogens is 308 g/mol. The molecule has 0 amide bonds. The van der Waals surface area contributed by atoms with Crippen LogP contribution in [0.1, 0.15) is 117 Å². The van der Waals surface area contributed by atoms with E-state index in [2.05, 4.69) is 13.8 Å². The fourth-order valence-electron chi connectivity index (χ4n) is 4.20. The largest absolute Gasteiger partial charge is 0.417 e. The van der Waals surface area contributed by atoms with E-state index in [0.717, 1.165) is 6.61 Å². The van der Waals surface area contributed by atoms with Crippen molar-refractivity contribution in [3.63, 3.8) is 0 Å². The Hall–Kier alpha value is 0.177. The minimum absolute atomic E-state index is 1.07. The van der Waals surface area contributed by atoms with Gasteiger partial charge in [0, 0.05) is 6.61 Å². The van der Waals surface area contributed by atoms with Crippen molar-refractivity contribution in [2.45, 2.75) is 135 Å². The summed E-state index contributed by atoms with van der Waals surface area (Å²) >= 11 is 0. The molecule has 0 aliphatic carbocycles. The second-order valence-electron chi connectivity index (χ2n) is 8.19. The highest BCUT2D eigenvalue weighted by atomic mass is 28.4. The van der Waals surface area contributed by atoms with Crippen LogP contribution in [0, 0.1) is 0 Å². The molecule has 1 fully saturated rings. The predicted octanol–water partition coefficient (Wildman–Crippen LogP) is 8.24. The topological polar surface area (TPSA) is 9.23 Å². The highest BCUT2D eigenvalue weighted by Gasteiger charge is 2.36. The Morgan fingerprint density at radius 1 is 0.583 bits per heavy atom. The third-order valence-corrected chi connectivity index (χ3v) is 10.7. The Kier molecular flexibility index (Phi) is 14.3. The zero-order valence-corrected chi connectivity index (χ0v) is 18.1. The summed E-state index contributed by atoms with van der Waals surface area (Å²) in [6.45, 7) is 5.73. The summed E-state index contributed by atoms with van der Waals surface area (Å²) in [7, 11) is -1.21. The molecule has 1 saturated heterocycles. The first-order valence-electron chi connectivity index (χ1n) is 11.5. The van der Waals surface area contributed by atoms with Gasteiger partial charge in [-0.05, 0) is 24.6 Å². The lowest BCUT2D eigenvalue weighted by atomic mass is 10.0. The fraction of sp³-hybridized carbons (Fsp3) is 1.00. The summed E-state index contributed by atoms with van der Waals surface area (Å²) in [5.74, 6) is 0. The van der Waals surface area contributed by atoms with Gasteiger partial charge in [-0.2, -0.15) is 0 Å². The predicted molar refractivity (Wildman–Crippen MR) is 111 cm³/mol. The molecule has 1 heterocycles. The van der Waals surface area contributed by atoms with Crippen LogP contribution in [-0.4, -0.2) is 14.9 Å². The molecule has 1 rings (SSSR count). The van der Waals surface area contributed by atoms with Gasteiger partial charge in [0.15, 0.2) is 8.32 Å². The fourth-order valence-corrected chi connectivity index (χ4v) is 8.02. The maximum Gasteiger partial charge on any atom is 0.192 e. The normalized spacial score (nSPS) is 16.8. The Morgan fingerprint density at radius 2 is 1.00 bits per heavy atom. The van der Waals surface area contributed by atoms with Gasteiger partial charge in [0.2, 0.25) is 0 Å². The standard InChI is InChI=1S/C22H46OSi/c1-3-5-6-7-8-9-10-11-12-13-14-15-16-17-20-23-24(4-2)21-18-19-22-24/h3-22H2,1-2H3. The van der Waals surface area contributed by atoms with Gasteiger partial charge in [0.25, 0.3) is 0 Å². The van der Waals surface area contributed by atoms with E-state index in [-0.39, 0.29) is 0 Å². The lowest BCUT2D eigenvalue weighted by Crippen LogP contribution is -2.33. The second kappa shape index (κ2) is 15.4. The molecule has 0 unspecified atom stereocenters. The molecule has 0 radical (unpaired) electrons.